The number of hydrogen-bond acceptors (Lipinski definition) is 3. The van der Waals surface area contributed by atoms with E-state index in [4.69, 9.17) is 0 Å². The van der Waals surface area contributed by atoms with Crippen molar-refractivity contribution in [2.24, 2.45) is 0 Å². The predicted octanol–water partition coefficient (Wildman–Crippen LogP) is 2.55. The number of aryl methyl sites for hydroxylation is 1. The first-order valence-corrected chi connectivity index (χ1v) is 11.9. The number of benzene rings is 1. The molecule has 0 unspecified atom stereocenters. The summed E-state index contributed by atoms with van der Waals surface area (Å²) in [6, 6.07) is 6.97. The summed E-state index contributed by atoms with van der Waals surface area (Å²) in [7, 11) is -1.31. The molecule has 1 saturated heterocycles. The van der Waals surface area contributed by atoms with Crippen molar-refractivity contribution in [3.8, 4) is 0 Å². The molecule has 1 aromatic heterocycles. The third-order valence-corrected chi connectivity index (χ3v) is 8.45. The van der Waals surface area contributed by atoms with E-state index in [0.29, 0.717) is 25.0 Å². The molecule has 7 heteroatoms. The van der Waals surface area contributed by atoms with Gasteiger partial charge < -0.3 is 9.47 Å². The van der Waals surface area contributed by atoms with E-state index in [9.17, 15) is 8.42 Å². The third kappa shape index (κ3) is 3.18. The van der Waals surface area contributed by atoms with Crippen LogP contribution in [0.15, 0.2) is 24.4 Å². The molecule has 1 fully saturated rings. The van der Waals surface area contributed by atoms with Gasteiger partial charge in [0, 0.05) is 61.3 Å². The second-order valence-corrected chi connectivity index (χ2v) is 9.84. The Labute approximate surface area is 168 Å². The average Bonchev–Trinajstić information content (AvgIpc) is 3.02. The molecule has 4 rings (SSSR count). The fourth-order valence-electron chi connectivity index (χ4n) is 5.31. The monoisotopic (exact) mass is 404 g/mol. The Kier molecular flexibility index (Phi) is 5.29. The summed E-state index contributed by atoms with van der Waals surface area (Å²) in [4.78, 5) is 2.36. The first-order chi connectivity index (χ1) is 13.4. The van der Waals surface area contributed by atoms with E-state index in [1.54, 1.807) is 0 Å². The number of hydrogen-bond donors (Lipinski definition) is 1. The molecule has 0 bridgehead atoms. The molecule has 0 saturated carbocycles. The molecule has 0 amide bonds. The largest absolute Gasteiger partial charge is 0.347 e. The van der Waals surface area contributed by atoms with Crippen molar-refractivity contribution in [2.75, 3.05) is 26.7 Å². The fraction of sp³-hybridized carbons (Fsp3) is 0.619. The maximum atomic E-state index is 12.8. The number of rotatable bonds is 6. The van der Waals surface area contributed by atoms with Crippen LogP contribution in [0.1, 0.15) is 44.2 Å². The molecule has 28 heavy (non-hydrogen) atoms. The SMILES string of the molecule is CCN(CC)S(=O)(=O)N[C@H]1C[C@H]2c3cccc4c3c(cn4CC)C[C@H]2N(C)C1. The van der Waals surface area contributed by atoms with E-state index in [1.807, 2.05) is 13.8 Å². The molecule has 1 aliphatic heterocycles. The molecule has 6 nitrogen and oxygen atoms in total. The summed E-state index contributed by atoms with van der Waals surface area (Å²) >= 11 is 0. The van der Waals surface area contributed by atoms with Gasteiger partial charge in [0.1, 0.15) is 0 Å². The lowest BCUT2D eigenvalue weighted by atomic mass is 9.74. The molecule has 0 spiro atoms. The number of piperidine rings is 1. The number of nitrogens with zero attached hydrogens (tertiary/aromatic N) is 3. The van der Waals surface area contributed by atoms with Crippen molar-refractivity contribution in [1.29, 1.82) is 0 Å². The summed E-state index contributed by atoms with van der Waals surface area (Å²) in [6.07, 6.45) is 4.20. The van der Waals surface area contributed by atoms with Crippen LogP contribution in [0, 0.1) is 0 Å². The van der Waals surface area contributed by atoms with E-state index in [1.165, 1.54) is 26.3 Å². The summed E-state index contributed by atoms with van der Waals surface area (Å²) in [5.41, 5.74) is 4.12. The van der Waals surface area contributed by atoms with Crippen molar-refractivity contribution in [3.05, 3.63) is 35.5 Å². The highest BCUT2D eigenvalue weighted by Crippen LogP contribution is 2.43. The minimum atomic E-state index is -3.44. The minimum absolute atomic E-state index is 0.0677. The van der Waals surface area contributed by atoms with Gasteiger partial charge >= 0.3 is 0 Å². The van der Waals surface area contributed by atoms with Crippen molar-refractivity contribution < 1.29 is 8.42 Å². The van der Waals surface area contributed by atoms with Crippen LogP contribution in [-0.4, -0.2) is 61.0 Å². The van der Waals surface area contributed by atoms with E-state index in [2.05, 4.69) is 52.6 Å². The first-order valence-electron chi connectivity index (χ1n) is 10.5. The van der Waals surface area contributed by atoms with Gasteiger partial charge in [-0.2, -0.15) is 17.4 Å². The minimum Gasteiger partial charge on any atom is -0.347 e. The van der Waals surface area contributed by atoms with Gasteiger partial charge in [0.25, 0.3) is 10.2 Å². The quantitative estimate of drug-likeness (QED) is 0.805. The van der Waals surface area contributed by atoms with Gasteiger partial charge in [-0.15, -0.1) is 0 Å². The number of likely N-dealkylation sites (tertiary alicyclic amines) is 1. The van der Waals surface area contributed by atoms with Gasteiger partial charge in [-0.05, 0) is 44.0 Å². The van der Waals surface area contributed by atoms with Crippen LogP contribution < -0.4 is 4.72 Å². The number of nitrogens with one attached hydrogen (secondary N) is 1. The van der Waals surface area contributed by atoms with Gasteiger partial charge in [0.05, 0.1) is 0 Å². The smallest absolute Gasteiger partial charge is 0.279 e. The molecule has 1 aliphatic carbocycles. The molecule has 1 aromatic carbocycles. The molecule has 1 N–H and O–H groups in total. The fourth-order valence-corrected chi connectivity index (χ4v) is 6.74. The van der Waals surface area contributed by atoms with Crippen LogP contribution in [0.5, 0.6) is 0 Å². The normalized spacial score (nSPS) is 25.4. The van der Waals surface area contributed by atoms with Crippen LogP contribution >= 0.6 is 0 Å². The highest BCUT2D eigenvalue weighted by molar-refractivity contribution is 7.87. The Morgan fingerprint density at radius 1 is 1.21 bits per heavy atom. The van der Waals surface area contributed by atoms with Crippen molar-refractivity contribution >= 4 is 21.1 Å². The Hall–Kier alpha value is -1.41. The van der Waals surface area contributed by atoms with Crippen LogP contribution in [0.2, 0.25) is 0 Å². The van der Waals surface area contributed by atoms with Gasteiger partial charge in [0.15, 0.2) is 0 Å². The number of aromatic nitrogens is 1. The number of fused-ring (bicyclic) bond motifs is 2. The summed E-state index contributed by atoms with van der Waals surface area (Å²) in [5.74, 6) is 0.354. The van der Waals surface area contributed by atoms with Crippen LogP contribution in [0.4, 0.5) is 0 Å². The van der Waals surface area contributed by atoms with E-state index in [-0.39, 0.29) is 6.04 Å². The summed E-state index contributed by atoms with van der Waals surface area (Å²) in [5, 5.41) is 1.39. The second-order valence-electron chi connectivity index (χ2n) is 8.14. The summed E-state index contributed by atoms with van der Waals surface area (Å²) in [6.45, 7) is 8.66. The molecule has 3 atom stereocenters. The van der Waals surface area contributed by atoms with E-state index < -0.39 is 10.2 Å². The van der Waals surface area contributed by atoms with Gasteiger partial charge in [-0.3, -0.25) is 0 Å². The van der Waals surface area contributed by atoms with Crippen LogP contribution in [0.3, 0.4) is 0 Å². The molecular formula is C21H32N4O2S. The third-order valence-electron chi connectivity index (χ3n) is 6.62. The maximum Gasteiger partial charge on any atom is 0.279 e. The van der Waals surface area contributed by atoms with Crippen molar-refractivity contribution in [1.82, 2.24) is 18.5 Å². The molecule has 0 radical (unpaired) electrons. The van der Waals surface area contributed by atoms with Gasteiger partial charge in [-0.1, -0.05) is 26.0 Å². The standard InChI is InChI=1S/C21H32N4O2S/c1-5-24-13-15-11-20-18(17-9-8-10-19(24)21(15)17)12-16(14-23(20)4)22-28(26,27)25(6-2)7-3/h8-10,13,16,18,20,22H,5-7,11-12,14H2,1-4H3/t16-,18-,20+/m0/s1. The predicted molar refractivity (Wildman–Crippen MR) is 114 cm³/mol. The van der Waals surface area contributed by atoms with Gasteiger partial charge in [-0.25, -0.2) is 0 Å². The van der Waals surface area contributed by atoms with E-state index in [0.717, 1.165) is 25.9 Å². The first kappa shape index (κ1) is 19.9. The maximum absolute atomic E-state index is 12.8. The highest BCUT2D eigenvalue weighted by Gasteiger charge is 2.41. The lowest BCUT2D eigenvalue weighted by Crippen LogP contribution is -2.56. The van der Waals surface area contributed by atoms with Crippen molar-refractivity contribution in [2.45, 2.75) is 58.2 Å². The summed E-state index contributed by atoms with van der Waals surface area (Å²) < 4.78 is 32.3. The van der Waals surface area contributed by atoms with E-state index >= 15 is 0 Å². The lowest BCUT2D eigenvalue weighted by molar-refractivity contribution is 0.135. The molecule has 154 valence electrons. The molecular weight excluding hydrogens is 372 g/mol. The zero-order valence-electron chi connectivity index (χ0n) is 17.4. The van der Waals surface area contributed by atoms with Crippen LogP contribution in [-0.2, 0) is 23.2 Å². The number of likely N-dealkylation sites (N-methyl/N-ethyl adjacent to an activating group) is 1. The molecule has 2 heterocycles. The zero-order valence-corrected chi connectivity index (χ0v) is 18.2. The van der Waals surface area contributed by atoms with Crippen molar-refractivity contribution in [3.63, 3.8) is 0 Å². The lowest BCUT2D eigenvalue weighted by Gasteiger charge is -2.45. The second kappa shape index (κ2) is 7.44. The average molecular weight is 405 g/mol. The topological polar surface area (TPSA) is 57.6 Å². The Morgan fingerprint density at radius 3 is 2.64 bits per heavy atom. The Morgan fingerprint density at radius 2 is 1.96 bits per heavy atom. The Balaban J connectivity index is 1.67. The Bertz CT molecular complexity index is 964. The molecule has 2 aliphatic rings. The highest BCUT2D eigenvalue weighted by atomic mass is 32.2. The van der Waals surface area contributed by atoms with Crippen LogP contribution in [0.25, 0.3) is 10.9 Å². The zero-order chi connectivity index (χ0) is 20.1. The van der Waals surface area contributed by atoms with Gasteiger partial charge in [0.2, 0.25) is 0 Å². The molecule has 2 aromatic rings.